The lowest BCUT2D eigenvalue weighted by atomic mass is 10.00. The van der Waals surface area contributed by atoms with Gasteiger partial charge in [-0.2, -0.15) is 14.0 Å². The average molecular weight is 309 g/mol. The Labute approximate surface area is 118 Å². The number of carboxylic acids is 2. The molecule has 7 nitrogen and oxygen atoms in total. The number of hydrogen-bond donors (Lipinski definition) is 2. The predicted octanol–water partition coefficient (Wildman–Crippen LogP) is 0.705. The van der Waals surface area contributed by atoms with E-state index in [4.69, 9.17) is 15.5 Å². The molecule has 0 saturated heterocycles. The first-order valence-corrected chi connectivity index (χ1v) is 5.60. The van der Waals surface area contributed by atoms with E-state index in [0.717, 1.165) is 13.2 Å². The zero-order valence-electron chi connectivity index (χ0n) is 11.3. The van der Waals surface area contributed by atoms with Crippen LogP contribution in [-0.2, 0) is 9.59 Å². The predicted molar refractivity (Wildman–Crippen MR) is 63.8 cm³/mol. The van der Waals surface area contributed by atoms with Gasteiger partial charge in [0.2, 0.25) is 0 Å². The van der Waals surface area contributed by atoms with Gasteiger partial charge in [0.15, 0.2) is 0 Å². The number of hydrogen-bond acceptors (Lipinski definition) is 5. The van der Waals surface area contributed by atoms with Crippen molar-refractivity contribution in [3.63, 3.8) is 0 Å². The number of carbonyl (C=O) groups is 2. The summed E-state index contributed by atoms with van der Waals surface area (Å²) in [6, 6.07) is 0.102. The van der Waals surface area contributed by atoms with Crippen molar-refractivity contribution in [2.45, 2.75) is 18.5 Å². The van der Waals surface area contributed by atoms with E-state index in [1.807, 2.05) is 0 Å². The lowest BCUT2D eigenvalue weighted by molar-refractivity contribution is -0.193. The summed E-state index contributed by atoms with van der Waals surface area (Å²) in [4.78, 5) is 24.0. The average Bonchev–Trinajstić information content (AvgIpc) is 2.83. The molecule has 1 atom stereocenters. The maximum atomic E-state index is 12.6. The van der Waals surface area contributed by atoms with Crippen LogP contribution in [0.25, 0.3) is 0 Å². The highest BCUT2D eigenvalue weighted by atomic mass is 19.3. The van der Waals surface area contributed by atoms with Crippen molar-refractivity contribution in [3.8, 4) is 6.07 Å². The third kappa shape index (κ3) is 4.01. The Morgan fingerprint density at radius 2 is 1.81 bits per heavy atom. The smallest absolute Gasteiger partial charge is 0.399 e. The second kappa shape index (κ2) is 6.83. The van der Waals surface area contributed by atoms with E-state index in [2.05, 4.69) is 36.2 Å². The van der Waals surface area contributed by atoms with E-state index < -0.39 is 23.5 Å². The standard InChI is InChI=1S/C6H12N2.C5H2F3NO4/c1-3-8-5-4-7(2)6-8;6-4(1-9,2(10)11)5(7,8)3(12)13/h4-5H,3,6H2,1-2H3;(H,10,11)(H,12,13). The Morgan fingerprint density at radius 3 is 1.95 bits per heavy atom. The highest BCUT2D eigenvalue weighted by Crippen LogP contribution is 2.32. The summed E-state index contributed by atoms with van der Waals surface area (Å²) < 4.78 is 37.1. The van der Waals surface area contributed by atoms with Crippen LogP contribution in [0.4, 0.5) is 13.2 Å². The summed E-state index contributed by atoms with van der Waals surface area (Å²) >= 11 is 0. The molecule has 0 saturated carbocycles. The lowest BCUT2D eigenvalue weighted by Gasteiger charge is -2.19. The molecule has 0 spiro atoms. The number of aliphatic carboxylic acids is 2. The van der Waals surface area contributed by atoms with Gasteiger partial charge < -0.3 is 20.0 Å². The molecular weight excluding hydrogens is 295 g/mol. The Bertz CT molecular complexity index is 478. The van der Waals surface area contributed by atoms with Crippen molar-refractivity contribution in [1.29, 1.82) is 5.26 Å². The zero-order valence-corrected chi connectivity index (χ0v) is 11.3. The fraction of sp³-hybridized carbons (Fsp3) is 0.545. The molecule has 10 heteroatoms. The molecule has 0 aromatic heterocycles. The Hall–Kier alpha value is -2.44. The minimum atomic E-state index is -5.28. The second-order valence-corrected chi connectivity index (χ2v) is 4.06. The second-order valence-electron chi connectivity index (χ2n) is 4.06. The van der Waals surface area contributed by atoms with Gasteiger partial charge in [0.25, 0.3) is 0 Å². The van der Waals surface area contributed by atoms with Gasteiger partial charge in [-0.3, -0.25) is 0 Å². The van der Waals surface area contributed by atoms with Gasteiger partial charge in [0.05, 0.1) is 6.67 Å². The van der Waals surface area contributed by atoms with Crippen LogP contribution in [0.5, 0.6) is 0 Å². The molecule has 21 heavy (non-hydrogen) atoms. The molecule has 0 radical (unpaired) electrons. The molecule has 1 aliphatic rings. The monoisotopic (exact) mass is 309 g/mol. The van der Waals surface area contributed by atoms with Gasteiger partial charge in [-0.05, 0) is 6.92 Å². The maximum absolute atomic E-state index is 12.6. The van der Waals surface area contributed by atoms with Crippen LogP contribution in [0.1, 0.15) is 6.92 Å². The molecule has 1 rings (SSSR count). The van der Waals surface area contributed by atoms with E-state index in [1.54, 1.807) is 0 Å². The highest BCUT2D eigenvalue weighted by molar-refractivity contribution is 5.92. The zero-order chi connectivity index (χ0) is 16.8. The van der Waals surface area contributed by atoms with Crippen LogP contribution in [0.3, 0.4) is 0 Å². The number of carboxylic acid groups (broad SMARTS) is 2. The van der Waals surface area contributed by atoms with Crippen LogP contribution in [0, 0.1) is 11.3 Å². The van der Waals surface area contributed by atoms with Gasteiger partial charge in [-0.25, -0.2) is 14.0 Å². The fourth-order valence-electron chi connectivity index (χ4n) is 1.19. The third-order valence-electron chi connectivity index (χ3n) is 2.49. The molecule has 1 aliphatic heterocycles. The topological polar surface area (TPSA) is 105 Å². The molecule has 0 aromatic carbocycles. The summed E-state index contributed by atoms with van der Waals surface area (Å²) in [6.45, 7) is 4.32. The third-order valence-corrected chi connectivity index (χ3v) is 2.49. The Kier molecular flexibility index (Phi) is 6.03. The first kappa shape index (κ1) is 18.6. The van der Waals surface area contributed by atoms with Crippen molar-refractivity contribution < 1.29 is 33.0 Å². The summed E-state index contributed by atoms with van der Waals surface area (Å²) in [5.74, 6) is -11.1. The molecule has 0 amide bonds. The van der Waals surface area contributed by atoms with E-state index in [1.165, 1.54) is 0 Å². The van der Waals surface area contributed by atoms with E-state index >= 15 is 0 Å². The highest BCUT2D eigenvalue weighted by Gasteiger charge is 2.67. The van der Waals surface area contributed by atoms with Crippen molar-refractivity contribution in [1.82, 2.24) is 9.80 Å². The van der Waals surface area contributed by atoms with Crippen LogP contribution in [0.15, 0.2) is 12.4 Å². The number of nitrogens with zero attached hydrogens (tertiary/aromatic N) is 3. The summed E-state index contributed by atoms with van der Waals surface area (Å²) in [6.07, 6.45) is 4.20. The first-order valence-electron chi connectivity index (χ1n) is 5.60. The van der Waals surface area contributed by atoms with Crippen molar-refractivity contribution in [2.75, 3.05) is 20.3 Å². The maximum Gasteiger partial charge on any atom is 0.399 e. The fourth-order valence-corrected chi connectivity index (χ4v) is 1.19. The lowest BCUT2D eigenvalue weighted by Crippen LogP contribution is -2.54. The van der Waals surface area contributed by atoms with Crippen LogP contribution in [0.2, 0.25) is 0 Å². The van der Waals surface area contributed by atoms with E-state index in [-0.39, 0.29) is 6.07 Å². The van der Waals surface area contributed by atoms with Crippen LogP contribution in [-0.4, -0.2) is 63.8 Å². The SMILES string of the molecule is CCN1C=CN(C)C1.N#CC(F)(C(=O)O)C(F)(F)C(=O)O. The molecule has 0 bridgehead atoms. The largest absolute Gasteiger partial charge is 0.478 e. The van der Waals surface area contributed by atoms with Gasteiger partial charge in [0, 0.05) is 26.0 Å². The molecule has 2 N–H and O–H groups in total. The van der Waals surface area contributed by atoms with Gasteiger partial charge >= 0.3 is 23.5 Å². The van der Waals surface area contributed by atoms with Crippen molar-refractivity contribution in [3.05, 3.63) is 12.4 Å². The van der Waals surface area contributed by atoms with Gasteiger partial charge in [0.1, 0.15) is 6.07 Å². The van der Waals surface area contributed by atoms with Gasteiger partial charge in [-0.15, -0.1) is 0 Å². The summed E-state index contributed by atoms with van der Waals surface area (Å²) in [7, 11) is 2.08. The first-order chi connectivity index (χ1) is 9.52. The molecule has 0 fully saturated rings. The van der Waals surface area contributed by atoms with Gasteiger partial charge in [-0.1, -0.05) is 0 Å². The number of rotatable bonds is 4. The number of halogens is 3. The molecule has 118 valence electrons. The molecule has 0 aliphatic carbocycles. The molecule has 1 unspecified atom stereocenters. The molecule has 0 aromatic rings. The minimum absolute atomic E-state index is 0.102. The van der Waals surface area contributed by atoms with E-state index in [9.17, 15) is 22.8 Å². The summed E-state index contributed by atoms with van der Waals surface area (Å²) in [5, 5.41) is 23.4. The quantitative estimate of drug-likeness (QED) is 0.787. The summed E-state index contributed by atoms with van der Waals surface area (Å²) in [5.41, 5.74) is -4.75. The van der Waals surface area contributed by atoms with Crippen molar-refractivity contribution in [2.24, 2.45) is 0 Å². The minimum Gasteiger partial charge on any atom is -0.478 e. The Morgan fingerprint density at radius 1 is 1.29 bits per heavy atom. The Balaban J connectivity index is 0.000000423. The van der Waals surface area contributed by atoms with Crippen LogP contribution >= 0.6 is 0 Å². The number of alkyl halides is 3. The molecular formula is C11H14F3N3O4. The van der Waals surface area contributed by atoms with Crippen molar-refractivity contribution >= 4 is 11.9 Å². The normalized spacial score (nSPS) is 16.6. The van der Waals surface area contributed by atoms with Crippen LogP contribution < -0.4 is 0 Å². The van der Waals surface area contributed by atoms with E-state index in [0.29, 0.717) is 0 Å². The molecule has 1 heterocycles. The number of nitriles is 1.